The van der Waals surface area contributed by atoms with Crippen molar-refractivity contribution in [2.75, 3.05) is 0 Å². The number of phenols is 2. The zero-order valence-electron chi connectivity index (χ0n) is 10.2. The summed E-state index contributed by atoms with van der Waals surface area (Å²) in [5.74, 6) is 0.746. The number of aromatic hydroxyl groups is 2. The van der Waals surface area contributed by atoms with Gasteiger partial charge in [0.1, 0.15) is 11.5 Å². The Morgan fingerprint density at radius 1 is 1.00 bits per heavy atom. The molecule has 0 saturated carbocycles. The van der Waals surface area contributed by atoms with Crippen LogP contribution < -0.4 is 0 Å². The number of hydrogen-bond donors (Lipinski definition) is 2. The van der Waals surface area contributed by atoms with Crippen molar-refractivity contribution in [2.45, 2.75) is 51.9 Å². The first-order chi connectivity index (χ1) is 7.70. The summed E-state index contributed by atoms with van der Waals surface area (Å²) in [6, 6.07) is 4.99. The third-order valence-electron chi connectivity index (χ3n) is 3.01. The van der Waals surface area contributed by atoms with Gasteiger partial charge in [-0.3, -0.25) is 0 Å². The maximum Gasteiger partial charge on any atom is 0.122 e. The molecule has 90 valence electrons. The van der Waals surface area contributed by atoms with Gasteiger partial charge in [0.2, 0.25) is 0 Å². The van der Waals surface area contributed by atoms with E-state index in [1.807, 2.05) is 0 Å². The average Bonchev–Trinajstić information content (AvgIpc) is 2.25. The molecule has 1 rings (SSSR count). The van der Waals surface area contributed by atoms with Gasteiger partial charge in [0, 0.05) is 5.56 Å². The van der Waals surface area contributed by atoms with Gasteiger partial charge >= 0.3 is 0 Å². The number of hydrogen-bond acceptors (Lipinski definition) is 2. The Morgan fingerprint density at radius 3 is 2.12 bits per heavy atom. The smallest absolute Gasteiger partial charge is 0.122 e. The summed E-state index contributed by atoms with van der Waals surface area (Å²) in [6.45, 7) is 4.30. The summed E-state index contributed by atoms with van der Waals surface area (Å²) in [4.78, 5) is 0. The highest BCUT2D eigenvalue weighted by Crippen LogP contribution is 2.38. The van der Waals surface area contributed by atoms with Crippen molar-refractivity contribution in [1.29, 1.82) is 0 Å². The van der Waals surface area contributed by atoms with Gasteiger partial charge < -0.3 is 10.2 Å². The summed E-state index contributed by atoms with van der Waals surface area (Å²) in [7, 11) is 0. The molecule has 0 saturated heterocycles. The second-order valence-electron chi connectivity index (χ2n) is 4.34. The molecule has 0 radical (unpaired) electrons. The van der Waals surface area contributed by atoms with Crippen LogP contribution in [0.5, 0.6) is 11.5 Å². The van der Waals surface area contributed by atoms with Crippen LogP contribution in [-0.2, 0) is 0 Å². The van der Waals surface area contributed by atoms with Crippen molar-refractivity contribution in [3.05, 3.63) is 23.8 Å². The Balaban J connectivity index is 2.90. The highest BCUT2D eigenvalue weighted by molar-refractivity contribution is 5.45. The predicted molar refractivity (Wildman–Crippen MR) is 66.9 cm³/mol. The van der Waals surface area contributed by atoms with Gasteiger partial charge in [-0.25, -0.2) is 0 Å². The third-order valence-corrected chi connectivity index (χ3v) is 3.01. The Labute approximate surface area is 97.9 Å². The second kappa shape index (κ2) is 6.41. The molecular weight excluding hydrogens is 200 g/mol. The molecule has 0 aliphatic heterocycles. The van der Waals surface area contributed by atoms with Gasteiger partial charge in [-0.2, -0.15) is 0 Å². The molecule has 0 bridgehead atoms. The molecule has 2 heteroatoms. The number of unbranched alkanes of at least 4 members (excludes halogenated alkanes) is 1. The number of rotatable bonds is 6. The predicted octanol–water partition coefficient (Wildman–Crippen LogP) is 4.17. The van der Waals surface area contributed by atoms with Gasteiger partial charge in [0.15, 0.2) is 0 Å². The Bertz CT molecular complexity index is 300. The maximum atomic E-state index is 9.83. The zero-order chi connectivity index (χ0) is 12.0. The molecule has 1 atom stereocenters. The van der Waals surface area contributed by atoms with E-state index >= 15 is 0 Å². The van der Waals surface area contributed by atoms with E-state index in [9.17, 15) is 10.2 Å². The van der Waals surface area contributed by atoms with Crippen molar-refractivity contribution in [3.63, 3.8) is 0 Å². The molecule has 0 spiro atoms. The molecule has 0 amide bonds. The lowest BCUT2D eigenvalue weighted by Crippen LogP contribution is -1.99. The van der Waals surface area contributed by atoms with Crippen molar-refractivity contribution in [1.82, 2.24) is 0 Å². The van der Waals surface area contributed by atoms with Gasteiger partial charge in [0.25, 0.3) is 0 Å². The van der Waals surface area contributed by atoms with E-state index in [-0.39, 0.29) is 17.4 Å². The SMILES string of the molecule is CCCCC(CCC)c1c(O)cccc1O. The second-order valence-corrected chi connectivity index (χ2v) is 4.34. The minimum Gasteiger partial charge on any atom is -0.508 e. The summed E-state index contributed by atoms with van der Waals surface area (Å²) in [5.41, 5.74) is 0.734. The molecular formula is C14H22O2. The fourth-order valence-electron chi connectivity index (χ4n) is 2.19. The van der Waals surface area contributed by atoms with Crippen molar-refractivity contribution >= 4 is 0 Å². The lowest BCUT2D eigenvalue weighted by Gasteiger charge is -2.18. The van der Waals surface area contributed by atoms with Crippen LogP contribution in [0.15, 0.2) is 18.2 Å². The average molecular weight is 222 g/mol. The van der Waals surface area contributed by atoms with Crippen LogP contribution >= 0.6 is 0 Å². The maximum absolute atomic E-state index is 9.83. The van der Waals surface area contributed by atoms with Crippen LogP contribution in [0.4, 0.5) is 0 Å². The van der Waals surface area contributed by atoms with Gasteiger partial charge in [-0.1, -0.05) is 39.2 Å². The molecule has 2 nitrogen and oxygen atoms in total. The van der Waals surface area contributed by atoms with Crippen LogP contribution in [0.3, 0.4) is 0 Å². The zero-order valence-corrected chi connectivity index (χ0v) is 10.2. The van der Waals surface area contributed by atoms with Crippen LogP contribution in [0.2, 0.25) is 0 Å². The molecule has 0 fully saturated rings. The van der Waals surface area contributed by atoms with E-state index in [1.54, 1.807) is 18.2 Å². The molecule has 1 aromatic rings. The highest BCUT2D eigenvalue weighted by atomic mass is 16.3. The summed E-state index contributed by atoms with van der Waals surface area (Å²) >= 11 is 0. The summed E-state index contributed by atoms with van der Waals surface area (Å²) < 4.78 is 0. The largest absolute Gasteiger partial charge is 0.508 e. The van der Waals surface area contributed by atoms with E-state index in [4.69, 9.17) is 0 Å². The Kier molecular flexibility index (Phi) is 5.17. The summed E-state index contributed by atoms with van der Waals surface area (Å²) in [6.07, 6.45) is 5.41. The van der Waals surface area contributed by atoms with Gasteiger partial charge in [-0.15, -0.1) is 0 Å². The molecule has 0 aliphatic rings. The van der Waals surface area contributed by atoms with Gasteiger partial charge in [-0.05, 0) is 30.9 Å². The van der Waals surface area contributed by atoms with E-state index in [1.165, 1.54) is 0 Å². The topological polar surface area (TPSA) is 40.5 Å². The first kappa shape index (κ1) is 12.9. The number of phenolic OH excluding ortho intramolecular Hbond substituents is 2. The number of benzene rings is 1. The van der Waals surface area contributed by atoms with E-state index in [0.29, 0.717) is 0 Å². The first-order valence-electron chi connectivity index (χ1n) is 6.21. The lowest BCUT2D eigenvalue weighted by molar-refractivity contribution is 0.414. The van der Waals surface area contributed by atoms with E-state index in [0.717, 1.165) is 37.7 Å². The minimum absolute atomic E-state index is 0.231. The minimum atomic E-state index is 0.231. The molecule has 2 N–H and O–H groups in total. The van der Waals surface area contributed by atoms with Crippen LogP contribution in [0.25, 0.3) is 0 Å². The van der Waals surface area contributed by atoms with Crippen LogP contribution in [0, 0.1) is 0 Å². The van der Waals surface area contributed by atoms with Crippen molar-refractivity contribution in [2.24, 2.45) is 0 Å². The molecule has 16 heavy (non-hydrogen) atoms. The standard InChI is InChI=1S/C14H22O2/c1-3-5-8-11(7-4-2)14-12(15)9-6-10-13(14)16/h6,9-11,15-16H,3-5,7-8H2,1-2H3. The summed E-state index contributed by atoms with van der Waals surface area (Å²) in [5, 5.41) is 19.7. The molecule has 0 aliphatic carbocycles. The van der Waals surface area contributed by atoms with E-state index in [2.05, 4.69) is 13.8 Å². The van der Waals surface area contributed by atoms with Crippen LogP contribution in [-0.4, -0.2) is 10.2 Å². The monoisotopic (exact) mass is 222 g/mol. The molecule has 1 aromatic carbocycles. The normalized spacial score (nSPS) is 12.6. The highest BCUT2D eigenvalue weighted by Gasteiger charge is 2.17. The molecule has 0 heterocycles. The molecule has 1 unspecified atom stereocenters. The van der Waals surface area contributed by atoms with E-state index < -0.39 is 0 Å². The quantitative estimate of drug-likeness (QED) is 0.758. The molecule has 0 aromatic heterocycles. The Morgan fingerprint density at radius 2 is 1.62 bits per heavy atom. The third kappa shape index (κ3) is 3.16. The van der Waals surface area contributed by atoms with Crippen molar-refractivity contribution < 1.29 is 10.2 Å². The lowest BCUT2D eigenvalue weighted by atomic mass is 9.88. The van der Waals surface area contributed by atoms with Crippen LogP contribution in [0.1, 0.15) is 57.4 Å². The Hall–Kier alpha value is -1.18. The van der Waals surface area contributed by atoms with Crippen molar-refractivity contribution in [3.8, 4) is 11.5 Å². The first-order valence-corrected chi connectivity index (χ1v) is 6.21. The fourth-order valence-corrected chi connectivity index (χ4v) is 2.19. The fraction of sp³-hybridized carbons (Fsp3) is 0.571. The van der Waals surface area contributed by atoms with Gasteiger partial charge in [0.05, 0.1) is 0 Å².